The van der Waals surface area contributed by atoms with Crippen molar-refractivity contribution in [2.75, 3.05) is 18.9 Å². The fourth-order valence-electron chi connectivity index (χ4n) is 3.49. The number of urea groups is 1. The highest BCUT2D eigenvalue weighted by atomic mass is 19.4. The van der Waals surface area contributed by atoms with Crippen molar-refractivity contribution in [3.05, 3.63) is 60.1 Å². The second-order valence-electron chi connectivity index (χ2n) is 7.24. The zero-order valence-corrected chi connectivity index (χ0v) is 16.4. The van der Waals surface area contributed by atoms with Gasteiger partial charge < -0.3 is 15.2 Å². The molecular formula is C20H19F3N6O2. The van der Waals surface area contributed by atoms with Crippen molar-refractivity contribution >= 4 is 11.7 Å². The normalized spacial score (nSPS) is 19.4. The lowest BCUT2D eigenvalue weighted by Crippen LogP contribution is -2.39. The Morgan fingerprint density at radius 1 is 1.23 bits per heavy atom. The van der Waals surface area contributed by atoms with E-state index in [1.807, 2.05) is 18.0 Å². The van der Waals surface area contributed by atoms with Gasteiger partial charge in [-0.3, -0.25) is 9.88 Å². The summed E-state index contributed by atoms with van der Waals surface area (Å²) in [5.41, 5.74) is -0.175. The van der Waals surface area contributed by atoms with Crippen LogP contribution in [0.25, 0.3) is 11.5 Å². The number of hydrogen-bond donors (Lipinski definition) is 2. The number of anilines is 1. The summed E-state index contributed by atoms with van der Waals surface area (Å²) in [5, 5.41) is 9.20. The van der Waals surface area contributed by atoms with E-state index in [0.29, 0.717) is 30.4 Å². The zero-order chi connectivity index (χ0) is 22.0. The monoisotopic (exact) mass is 432 g/mol. The van der Waals surface area contributed by atoms with E-state index in [1.165, 1.54) is 12.1 Å². The Balaban J connectivity index is 1.37. The number of nitrogens with zero attached hydrogens (tertiary/aromatic N) is 4. The second kappa shape index (κ2) is 8.34. The molecule has 0 bridgehead atoms. The number of halogens is 3. The molecule has 2 amide bonds. The third-order valence-electron chi connectivity index (χ3n) is 4.95. The van der Waals surface area contributed by atoms with Crippen LogP contribution >= 0.6 is 0 Å². The largest absolute Gasteiger partial charge is 0.416 e. The van der Waals surface area contributed by atoms with Gasteiger partial charge in [0.15, 0.2) is 0 Å². The van der Waals surface area contributed by atoms with Gasteiger partial charge >= 0.3 is 12.2 Å². The SMILES string of the molecule is CN1C[C@@H](NC(=O)Nc2cccc(C(F)(F)F)c2)C[C@H]1c1nc(-c2ccccn2)no1. The molecule has 1 aromatic carbocycles. The van der Waals surface area contributed by atoms with Crippen molar-refractivity contribution in [2.45, 2.75) is 24.7 Å². The number of carbonyl (C=O) groups excluding carboxylic acids is 1. The Bertz CT molecular complexity index is 1060. The number of amides is 2. The van der Waals surface area contributed by atoms with Crippen LogP contribution in [0.3, 0.4) is 0 Å². The average Bonchev–Trinajstić information content (AvgIpc) is 3.35. The molecule has 3 heterocycles. The van der Waals surface area contributed by atoms with E-state index >= 15 is 0 Å². The first-order valence-electron chi connectivity index (χ1n) is 9.49. The minimum atomic E-state index is -4.48. The molecule has 1 aliphatic rings. The summed E-state index contributed by atoms with van der Waals surface area (Å²) in [4.78, 5) is 22.8. The molecule has 0 saturated carbocycles. The van der Waals surface area contributed by atoms with E-state index in [2.05, 4.69) is 25.8 Å². The molecule has 8 nitrogen and oxygen atoms in total. The minimum Gasteiger partial charge on any atom is -0.337 e. The van der Waals surface area contributed by atoms with Crippen molar-refractivity contribution in [1.82, 2.24) is 25.3 Å². The molecule has 1 aliphatic heterocycles. The summed E-state index contributed by atoms with van der Waals surface area (Å²) < 4.78 is 43.9. The number of alkyl halides is 3. The van der Waals surface area contributed by atoms with Crippen LogP contribution in [-0.4, -0.2) is 45.7 Å². The Hall–Kier alpha value is -3.47. The lowest BCUT2D eigenvalue weighted by Gasteiger charge is -2.14. The summed E-state index contributed by atoms with van der Waals surface area (Å²) in [7, 11) is 1.86. The quantitative estimate of drug-likeness (QED) is 0.653. The lowest BCUT2D eigenvalue weighted by molar-refractivity contribution is -0.137. The van der Waals surface area contributed by atoms with Crippen LogP contribution < -0.4 is 10.6 Å². The summed E-state index contributed by atoms with van der Waals surface area (Å²) >= 11 is 0. The van der Waals surface area contributed by atoms with Gasteiger partial charge in [-0.15, -0.1) is 0 Å². The van der Waals surface area contributed by atoms with Gasteiger partial charge in [0.25, 0.3) is 0 Å². The molecule has 2 atom stereocenters. The first-order chi connectivity index (χ1) is 14.8. The van der Waals surface area contributed by atoms with E-state index in [9.17, 15) is 18.0 Å². The molecule has 0 unspecified atom stereocenters. The molecule has 2 aromatic heterocycles. The van der Waals surface area contributed by atoms with Gasteiger partial charge in [-0.05, 0) is 43.8 Å². The van der Waals surface area contributed by atoms with Crippen LogP contribution in [0.5, 0.6) is 0 Å². The highest BCUT2D eigenvalue weighted by molar-refractivity contribution is 5.89. The van der Waals surface area contributed by atoms with Gasteiger partial charge in [0.1, 0.15) is 5.69 Å². The molecule has 1 saturated heterocycles. The maximum absolute atomic E-state index is 12.8. The molecule has 0 aliphatic carbocycles. The molecular weight excluding hydrogens is 413 g/mol. The van der Waals surface area contributed by atoms with Crippen LogP contribution in [0.15, 0.2) is 53.2 Å². The van der Waals surface area contributed by atoms with Gasteiger partial charge in [-0.1, -0.05) is 17.3 Å². The predicted octanol–water partition coefficient (Wildman–Crippen LogP) is 3.72. The number of aromatic nitrogens is 3. The average molecular weight is 432 g/mol. The van der Waals surface area contributed by atoms with E-state index in [4.69, 9.17) is 4.52 Å². The number of hydrogen-bond acceptors (Lipinski definition) is 6. The van der Waals surface area contributed by atoms with E-state index < -0.39 is 17.8 Å². The second-order valence-corrected chi connectivity index (χ2v) is 7.24. The van der Waals surface area contributed by atoms with E-state index in [-0.39, 0.29) is 17.8 Å². The maximum Gasteiger partial charge on any atom is 0.416 e. The lowest BCUT2D eigenvalue weighted by atomic mass is 10.1. The fraction of sp³-hybridized carbons (Fsp3) is 0.300. The maximum atomic E-state index is 12.8. The highest BCUT2D eigenvalue weighted by Crippen LogP contribution is 2.32. The van der Waals surface area contributed by atoms with Crippen LogP contribution in [0.4, 0.5) is 23.7 Å². The Kier molecular flexibility index (Phi) is 5.59. The summed E-state index contributed by atoms with van der Waals surface area (Å²) in [6, 6.07) is 8.83. The van der Waals surface area contributed by atoms with Crippen LogP contribution in [0.1, 0.15) is 23.9 Å². The fourth-order valence-corrected chi connectivity index (χ4v) is 3.49. The van der Waals surface area contributed by atoms with Gasteiger partial charge in [-0.2, -0.15) is 18.2 Å². The molecule has 162 valence electrons. The molecule has 31 heavy (non-hydrogen) atoms. The first kappa shape index (κ1) is 20.8. The Labute approximate surface area is 175 Å². The van der Waals surface area contributed by atoms with E-state index in [0.717, 1.165) is 12.1 Å². The number of likely N-dealkylation sites (N-methyl/N-ethyl adjacent to an activating group) is 1. The standard InChI is InChI=1S/C20H19F3N6O2/c1-29-11-14(26-19(30)25-13-6-4-5-12(9-13)20(21,22)23)10-16(29)18-27-17(28-31-18)15-7-2-3-8-24-15/h2-9,14,16H,10-11H2,1H3,(H2,25,26,30)/t14-,16-/m0/s1. The Morgan fingerprint density at radius 2 is 2.06 bits per heavy atom. The summed E-state index contributed by atoms with van der Waals surface area (Å²) in [6.07, 6.45) is -2.33. The molecule has 1 fully saturated rings. The third-order valence-corrected chi connectivity index (χ3v) is 4.95. The Morgan fingerprint density at radius 3 is 2.81 bits per heavy atom. The van der Waals surface area contributed by atoms with E-state index in [1.54, 1.807) is 18.3 Å². The number of carbonyl (C=O) groups is 1. The number of benzene rings is 1. The van der Waals surface area contributed by atoms with Crippen LogP contribution in [0.2, 0.25) is 0 Å². The number of pyridine rings is 1. The third kappa shape index (κ3) is 4.82. The smallest absolute Gasteiger partial charge is 0.337 e. The predicted molar refractivity (Wildman–Crippen MR) is 105 cm³/mol. The van der Waals surface area contributed by atoms with Gasteiger partial charge in [-0.25, -0.2) is 4.79 Å². The molecule has 11 heteroatoms. The van der Waals surface area contributed by atoms with Crippen molar-refractivity contribution in [3.8, 4) is 11.5 Å². The molecule has 3 aromatic rings. The summed E-state index contributed by atoms with van der Waals surface area (Å²) in [6.45, 7) is 0.516. The molecule has 4 rings (SSSR count). The zero-order valence-electron chi connectivity index (χ0n) is 16.4. The number of rotatable bonds is 4. The van der Waals surface area contributed by atoms with Gasteiger partial charge in [0.2, 0.25) is 11.7 Å². The molecule has 0 radical (unpaired) electrons. The molecule has 0 spiro atoms. The number of nitrogens with one attached hydrogen (secondary N) is 2. The van der Waals surface area contributed by atoms with Crippen molar-refractivity contribution in [1.29, 1.82) is 0 Å². The van der Waals surface area contributed by atoms with Gasteiger partial charge in [0, 0.05) is 24.5 Å². The molecule has 2 N–H and O–H groups in total. The van der Waals surface area contributed by atoms with Crippen molar-refractivity contribution in [3.63, 3.8) is 0 Å². The van der Waals surface area contributed by atoms with Crippen LogP contribution in [-0.2, 0) is 6.18 Å². The number of likely N-dealkylation sites (tertiary alicyclic amines) is 1. The van der Waals surface area contributed by atoms with Crippen molar-refractivity contribution < 1.29 is 22.5 Å². The first-order valence-corrected chi connectivity index (χ1v) is 9.49. The van der Waals surface area contributed by atoms with Crippen molar-refractivity contribution in [2.24, 2.45) is 0 Å². The van der Waals surface area contributed by atoms with Gasteiger partial charge in [0.05, 0.1) is 11.6 Å². The minimum absolute atomic E-state index is 0.0622. The highest BCUT2D eigenvalue weighted by Gasteiger charge is 2.35. The topological polar surface area (TPSA) is 96.2 Å². The summed E-state index contributed by atoms with van der Waals surface area (Å²) in [5.74, 6) is 0.786. The van der Waals surface area contributed by atoms with Crippen LogP contribution in [0, 0.1) is 0 Å².